The van der Waals surface area contributed by atoms with Crippen molar-refractivity contribution in [2.24, 2.45) is 0 Å². The van der Waals surface area contributed by atoms with Crippen molar-refractivity contribution in [1.29, 1.82) is 0 Å². The number of carbonyl (C=O) groups is 1. The highest BCUT2D eigenvalue weighted by molar-refractivity contribution is 5.98. The van der Waals surface area contributed by atoms with Gasteiger partial charge in [-0.3, -0.25) is 4.79 Å². The Balaban J connectivity index is 0.00000576. The van der Waals surface area contributed by atoms with E-state index in [1.54, 1.807) is 0 Å². The molecule has 0 heterocycles. The first-order valence-electron chi connectivity index (χ1n) is 9.57. The molecule has 0 bridgehead atoms. The second-order valence-electron chi connectivity index (χ2n) is 7.27. The van der Waals surface area contributed by atoms with Gasteiger partial charge in [-0.2, -0.15) is 0 Å². The van der Waals surface area contributed by atoms with Crippen LogP contribution >= 0.6 is 0 Å². The largest absolute Gasteiger partial charge is 1.00 e. The number of hydrogen-bond acceptors (Lipinski definition) is 2. The van der Waals surface area contributed by atoms with E-state index in [1.807, 2.05) is 31.2 Å². The molecular weight excluding hydrogens is 378 g/mol. The number of para-hydroxylation sites is 1. The topological polar surface area (TPSA) is 26.3 Å². The maximum absolute atomic E-state index is 12.0. The molecule has 0 saturated carbocycles. The minimum Gasteiger partial charge on any atom is -1.00 e. The van der Waals surface area contributed by atoms with Crippen LogP contribution in [-0.4, -0.2) is 44.1 Å². The highest BCUT2D eigenvalue weighted by Gasteiger charge is 2.16. The van der Waals surface area contributed by atoms with Gasteiger partial charge in [-0.1, -0.05) is 51.7 Å². The van der Waals surface area contributed by atoms with E-state index in [0.29, 0.717) is 18.6 Å². The normalized spacial score (nSPS) is 11.0. The molecule has 1 aromatic carbocycles. The van der Waals surface area contributed by atoms with Gasteiger partial charge in [0.15, 0.2) is 5.78 Å². The first-order chi connectivity index (χ1) is 11.5. The number of ether oxygens (including phenoxy) is 1. The van der Waals surface area contributed by atoms with Crippen LogP contribution in [0.4, 0.5) is 0 Å². The number of hydrogen-bond donors (Lipinski definition) is 0. The molecule has 0 spiro atoms. The lowest BCUT2D eigenvalue weighted by atomic mass is 10.1. The number of Topliss-reactive ketones (excluding diaryl/α,β-unsaturated/α-hetero) is 1. The van der Waals surface area contributed by atoms with E-state index in [9.17, 15) is 4.79 Å². The van der Waals surface area contributed by atoms with E-state index in [1.165, 1.54) is 45.1 Å². The Morgan fingerprint density at radius 2 is 1.60 bits per heavy atom. The van der Waals surface area contributed by atoms with Crippen LogP contribution in [0.5, 0.6) is 5.75 Å². The Morgan fingerprint density at radius 3 is 2.28 bits per heavy atom. The van der Waals surface area contributed by atoms with Gasteiger partial charge in [0.05, 0.1) is 26.2 Å². The van der Waals surface area contributed by atoms with E-state index in [2.05, 4.69) is 21.0 Å². The quantitative estimate of drug-likeness (QED) is 0.281. The van der Waals surface area contributed by atoms with Crippen molar-refractivity contribution < 1.29 is 31.0 Å². The molecule has 0 atom stereocenters. The van der Waals surface area contributed by atoms with Crippen LogP contribution in [-0.2, 0) is 0 Å². The van der Waals surface area contributed by atoms with Gasteiger partial charge in [0.2, 0.25) is 0 Å². The summed E-state index contributed by atoms with van der Waals surface area (Å²) in [6.45, 7) is 6.94. The fourth-order valence-corrected chi connectivity index (χ4v) is 2.85. The van der Waals surface area contributed by atoms with Gasteiger partial charge >= 0.3 is 0 Å². The standard InChI is InChI=1S/C21H36NO2.BrH/c1-5-7-8-9-10-13-16-22(3,4)17-18-24-21-15-12-11-14-19(21)20(23)6-2;/h11-12,14-15H,5-10,13,16-18H2,1-4H3;1H/q+1;/p-1. The van der Waals surface area contributed by atoms with Crippen molar-refractivity contribution in [3.05, 3.63) is 29.8 Å². The van der Waals surface area contributed by atoms with Gasteiger partial charge in [-0.05, 0) is 25.0 Å². The number of benzene rings is 1. The van der Waals surface area contributed by atoms with Crippen molar-refractivity contribution in [1.82, 2.24) is 0 Å². The second-order valence-corrected chi connectivity index (χ2v) is 7.27. The van der Waals surface area contributed by atoms with Crippen LogP contribution in [0.3, 0.4) is 0 Å². The Kier molecular flexibility index (Phi) is 12.9. The predicted molar refractivity (Wildman–Crippen MR) is 102 cm³/mol. The number of quaternary nitrogens is 1. The molecule has 0 radical (unpaired) electrons. The first-order valence-corrected chi connectivity index (χ1v) is 9.57. The molecule has 144 valence electrons. The van der Waals surface area contributed by atoms with E-state index in [0.717, 1.165) is 16.8 Å². The number of carbonyl (C=O) groups excluding carboxylic acids is 1. The van der Waals surface area contributed by atoms with Crippen molar-refractivity contribution in [2.75, 3.05) is 33.8 Å². The lowest BCUT2D eigenvalue weighted by molar-refractivity contribution is -0.890. The minimum atomic E-state index is 0. The van der Waals surface area contributed by atoms with Gasteiger partial charge in [0.25, 0.3) is 0 Å². The van der Waals surface area contributed by atoms with Gasteiger partial charge in [-0.15, -0.1) is 0 Å². The number of halogens is 1. The third-order valence-electron chi connectivity index (χ3n) is 4.58. The lowest BCUT2D eigenvalue weighted by Gasteiger charge is -2.29. The summed E-state index contributed by atoms with van der Waals surface area (Å²) in [5.41, 5.74) is 0.709. The van der Waals surface area contributed by atoms with Crippen molar-refractivity contribution in [3.63, 3.8) is 0 Å². The molecule has 3 nitrogen and oxygen atoms in total. The summed E-state index contributed by atoms with van der Waals surface area (Å²) in [5, 5.41) is 0. The lowest BCUT2D eigenvalue weighted by Crippen LogP contribution is -3.00. The van der Waals surface area contributed by atoms with E-state index in [-0.39, 0.29) is 22.8 Å². The minimum absolute atomic E-state index is 0. The first kappa shape index (κ1) is 24.1. The smallest absolute Gasteiger partial charge is 0.166 e. The maximum Gasteiger partial charge on any atom is 0.166 e. The van der Waals surface area contributed by atoms with Gasteiger partial charge in [0, 0.05) is 6.42 Å². The van der Waals surface area contributed by atoms with Gasteiger partial charge in [-0.25, -0.2) is 0 Å². The number of nitrogens with zero attached hydrogens (tertiary/aromatic N) is 1. The Bertz CT molecular complexity index is 489. The zero-order chi connectivity index (χ0) is 17.8. The molecule has 0 aliphatic rings. The Labute approximate surface area is 165 Å². The van der Waals surface area contributed by atoms with Crippen LogP contribution in [0.2, 0.25) is 0 Å². The molecule has 1 rings (SSSR count). The van der Waals surface area contributed by atoms with Gasteiger partial charge < -0.3 is 26.2 Å². The zero-order valence-corrected chi connectivity index (χ0v) is 18.1. The zero-order valence-electron chi connectivity index (χ0n) is 16.5. The van der Waals surface area contributed by atoms with Crippen LogP contribution in [0.15, 0.2) is 24.3 Å². The summed E-state index contributed by atoms with van der Waals surface area (Å²) in [5.74, 6) is 0.871. The van der Waals surface area contributed by atoms with Crippen LogP contribution in [0.25, 0.3) is 0 Å². The number of likely N-dealkylation sites (N-methyl/N-ethyl adjacent to an activating group) is 1. The summed E-state index contributed by atoms with van der Waals surface area (Å²) < 4.78 is 6.89. The Morgan fingerprint density at radius 1 is 0.960 bits per heavy atom. The van der Waals surface area contributed by atoms with Crippen molar-refractivity contribution in [3.8, 4) is 5.75 Å². The average molecular weight is 414 g/mol. The van der Waals surface area contributed by atoms with Gasteiger partial charge in [0.1, 0.15) is 18.9 Å². The molecule has 0 aromatic heterocycles. The maximum atomic E-state index is 12.0. The fourth-order valence-electron chi connectivity index (χ4n) is 2.85. The van der Waals surface area contributed by atoms with Crippen molar-refractivity contribution in [2.45, 2.75) is 58.8 Å². The van der Waals surface area contributed by atoms with Crippen LogP contribution in [0, 0.1) is 0 Å². The average Bonchev–Trinajstić information content (AvgIpc) is 2.57. The second kappa shape index (κ2) is 13.3. The number of unbranched alkanes of at least 4 members (excludes halogenated alkanes) is 5. The fraction of sp³-hybridized carbons (Fsp3) is 0.667. The molecule has 0 N–H and O–H groups in total. The molecule has 0 fully saturated rings. The third-order valence-corrected chi connectivity index (χ3v) is 4.58. The monoisotopic (exact) mass is 413 g/mol. The van der Waals surface area contributed by atoms with Crippen LogP contribution < -0.4 is 21.7 Å². The molecule has 0 unspecified atom stereocenters. The van der Waals surface area contributed by atoms with Crippen molar-refractivity contribution >= 4 is 5.78 Å². The molecule has 4 heteroatoms. The molecular formula is C21H36BrNO2. The summed E-state index contributed by atoms with van der Waals surface area (Å²) in [6, 6.07) is 7.58. The molecule has 1 aromatic rings. The SMILES string of the molecule is CCCCCCCC[N+](C)(C)CCOc1ccccc1C(=O)CC.[Br-]. The molecule has 25 heavy (non-hydrogen) atoms. The predicted octanol–water partition coefficient (Wildman–Crippen LogP) is 2.10. The van der Waals surface area contributed by atoms with E-state index < -0.39 is 0 Å². The third kappa shape index (κ3) is 10.0. The van der Waals surface area contributed by atoms with E-state index >= 15 is 0 Å². The summed E-state index contributed by atoms with van der Waals surface area (Å²) in [6.07, 6.45) is 8.52. The summed E-state index contributed by atoms with van der Waals surface area (Å²) in [7, 11) is 4.52. The Hall–Kier alpha value is -0.870. The molecule has 0 amide bonds. The molecule has 0 aliphatic heterocycles. The summed E-state index contributed by atoms with van der Waals surface area (Å²) in [4.78, 5) is 12.0. The molecule has 0 saturated heterocycles. The molecule has 0 aliphatic carbocycles. The highest BCUT2D eigenvalue weighted by atomic mass is 79.9. The van der Waals surface area contributed by atoms with Crippen LogP contribution in [0.1, 0.15) is 69.2 Å². The summed E-state index contributed by atoms with van der Waals surface area (Å²) >= 11 is 0. The highest BCUT2D eigenvalue weighted by Crippen LogP contribution is 2.19. The number of ketones is 1. The number of rotatable bonds is 13. The van der Waals surface area contributed by atoms with E-state index in [4.69, 9.17) is 4.74 Å².